The third-order valence-electron chi connectivity index (χ3n) is 4.86. The molecule has 0 spiro atoms. The van der Waals surface area contributed by atoms with E-state index in [1.54, 1.807) is 12.1 Å². The van der Waals surface area contributed by atoms with Crippen molar-refractivity contribution in [2.24, 2.45) is 0 Å². The van der Waals surface area contributed by atoms with Crippen molar-refractivity contribution in [2.75, 3.05) is 5.73 Å². The van der Waals surface area contributed by atoms with E-state index in [9.17, 15) is 18.3 Å². The molecule has 150 valence electrons. The van der Waals surface area contributed by atoms with Gasteiger partial charge >= 0.3 is 0 Å². The van der Waals surface area contributed by atoms with Gasteiger partial charge in [-0.2, -0.15) is 8.42 Å². The van der Waals surface area contributed by atoms with Crippen molar-refractivity contribution in [2.45, 2.75) is 4.90 Å². The summed E-state index contributed by atoms with van der Waals surface area (Å²) in [4.78, 5) is 11.5. The summed E-state index contributed by atoms with van der Waals surface area (Å²) >= 11 is 0. The number of anilines is 1. The molecule has 0 radical (unpaired) electrons. The Morgan fingerprint density at radius 2 is 1.27 bits per heavy atom. The van der Waals surface area contributed by atoms with Gasteiger partial charge in [-0.15, -0.1) is 0 Å². The van der Waals surface area contributed by atoms with Gasteiger partial charge in [-0.05, 0) is 40.8 Å². The third-order valence-corrected chi connectivity index (χ3v) is 5.69. The maximum absolute atomic E-state index is 11.9. The van der Waals surface area contributed by atoms with E-state index in [-0.39, 0.29) is 16.4 Å². The number of fused-ring (bicyclic) bond motifs is 4. The molecule has 5 rings (SSSR count). The van der Waals surface area contributed by atoms with Crippen LogP contribution in [0.3, 0.4) is 0 Å². The van der Waals surface area contributed by atoms with Gasteiger partial charge in [0.1, 0.15) is 5.75 Å². The van der Waals surface area contributed by atoms with Gasteiger partial charge in [-0.1, -0.05) is 48.5 Å². The number of carbonyl (C=O) groups excluding carboxylic acids is 1. The molecule has 1 aliphatic carbocycles. The molecule has 4 N–H and O–H groups in total. The van der Waals surface area contributed by atoms with Gasteiger partial charge < -0.3 is 10.8 Å². The van der Waals surface area contributed by atoms with Crippen LogP contribution in [0.1, 0.15) is 15.9 Å². The smallest absolute Gasteiger partial charge is 0.294 e. The first-order valence-electron chi connectivity index (χ1n) is 8.98. The van der Waals surface area contributed by atoms with Gasteiger partial charge in [-0.3, -0.25) is 9.35 Å². The Kier molecular flexibility index (Phi) is 4.77. The number of nitrogens with two attached hydrogens (primary N) is 1. The van der Waals surface area contributed by atoms with Gasteiger partial charge in [0.25, 0.3) is 10.1 Å². The molecule has 0 unspecified atom stereocenters. The molecule has 0 fully saturated rings. The fourth-order valence-corrected chi connectivity index (χ4v) is 4.00. The lowest BCUT2D eigenvalue weighted by atomic mass is 10.1. The Hall–Kier alpha value is -3.68. The van der Waals surface area contributed by atoms with Gasteiger partial charge in [0, 0.05) is 28.3 Å². The molecular weight excluding hydrogens is 402 g/mol. The summed E-state index contributed by atoms with van der Waals surface area (Å²) in [5.41, 5.74) is 9.76. The van der Waals surface area contributed by atoms with E-state index >= 15 is 0 Å². The van der Waals surface area contributed by atoms with E-state index in [2.05, 4.69) is 0 Å². The normalized spacial score (nSPS) is 12.1. The molecule has 0 bridgehead atoms. The van der Waals surface area contributed by atoms with Crippen LogP contribution >= 0.6 is 0 Å². The largest absolute Gasteiger partial charge is 0.507 e. The Balaban J connectivity index is 0.000000146. The first kappa shape index (κ1) is 19.6. The number of phenols is 1. The standard InChI is InChI=1S/C13H8O.C10H9NO4S/c14-13-11-7-3-1-5-9(11)10-6-2-4-8-12(10)13;11-7-1-2-9-6(3-7)4-8(5-10(9)12)16(13,14)15/h1-8H;1-5,12H,11H2,(H,13,14,15). The van der Waals surface area contributed by atoms with Crippen molar-refractivity contribution < 1.29 is 22.9 Å². The van der Waals surface area contributed by atoms with E-state index in [0.29, 0.717) is 16.5 Å². The van der Waals surface area contributed by atoms with Crippen LogP contribution in [-0.2, 0) is 10.1 Å². The van der Waals surface area contributed by atoms with Gasteiger partial charge in [0.15, 0.2) is 5.78 Å². The molecule has 0 saturated heterocycles. The number of ketones is 1. The van der Waals surface area contributed by atoms with Crippen LogP contribution in [0.25, 0.3) is 21.9 Å². The summed E-state index contributed by atoms with van der Waals surface area (Å²) in [7, 11) is -4.33. The molecule has 4 aromatic carbocycles. The Morgan fingerprint density at radius 1 is 0.733 bits per heavy atom. The highest BCUT2D eigenvalue weighted by Gasteiger charge is 2.24. The first-order valence-corrected chi connectivity index (χ1v) is 10.4. The minimum absolute atomic E-state index is 0.149. The molecule has 0 saturated carbocycles. The molecule has 6 nitrogen and oxygen atoms in total. The van der Waals surface area contributed by atoms with Gasteiger partial charge in [-0.25, -0.2) is 0 Å². The zero-order valence-corrected chi connectivity index (χ0v) is 16.4. The monoisotopic (exact) mass is 419 g/mol. The highest BCUT2D eigenvalue weighted by molar-refractivity contribution is 7.85. The number of nitrogen functional groups attached to an aromatic ring is 1. The summed E-state index contributed by atoms with van der Waals surface area (Å²) in [6.45, 7) is 0. The number of aromatic hydroxyl groups is 1. The second-order valence-corrected chi connectivity index (χ2v) is 8.24. The Morgan fingerprint density at radius 3 is 1.80 bits per heavy atom. The lowest BCUT2D eigenvalue weighted by Crippen LogP contribution is -1.97. The predicted octanol–water partition coefficient (Wildman–Crippen LogP) is 4.27. The third kappa shape index (κ3) is 3.52. The van der Waals surface area contributed by atoms with E-state index < -0.39 is 10.1 Å². The van der Waals surface area contributed by atoms with Crippen molar-refractivity contribution in [3.8, 4) is 16.9 Å². The lowest BCUT2D eigenvalue weighted by Gasteiger charge is -2.04. The highest BCUT2D eigenvalue weighted by atomic mass is 32.2. The maximum atomic E-state index is 11.9. The van der Waals surface area contributed by atoms with Gasteiger partial charge in [0.2, 0.25) is 0 Å². The molecule has 0 aliphatic heterocycles. The summed E-state index contributed by atoms with van der Waals surface area (Å²) in [5.74, 6) is -0.0682. The van der Waals surface area contributed by atoms with Crippen LogP contribution < -0.4 is 5.73 Å². The fraction of sp³-hybridized carbons (Fsp3) is 0. The zero-order chi connectivity index (χ0) is 21.5. The number of hydrogen-bond donors (Lipinski definition) is 3. The molecule has 4 aromatic rings. The number of hydrogen-bond acceptors (Lipinski definition) is 5. The number of carbonyl (C=O) groups is 1. The van der Waals surface area contributed by atoms with Crippen molar-refractivity contribution in [1.82, 2.24) is 0 Å². The molecule has 0 atom stereocenters. The molecule has 1 aliphatic rings. The number of rotatable bonds is 1. The zero-order valence-electron chi connectivity index (χ0n) is 15.6. The second kappa shape index (κ2) is 7.29. The SMILES string of the molecule is Nc1ccc2c(O)cc(S(=O)(=O)O)cc2c1.O=C1c2ccccc2-c2ccccc21. The van der Waals surface area contributed by atoms with E-state index in [1.807, 2.05) is 48.5 Å². The molecule has 0 amide bonds. The van der Waals surface area contributed by atoms with E-state index in [4.69, 9.17) is 10.3 Å². The minimum atomic E-state index is -4.33. The second-order valence-electron chi connectivity index (χ2n) is 6.82. The van der Waals surface area contributed by atoms with Crippen LogP contribution in [0.5, 0.6) is 5.75 Å². The topological polar surface area (TPSA) is 118 Å². The molecule has 7 heteroatoms. The minimum Gasteiger partial charge on any atom is -0.507 e. The van der Waals surface area contributed by atoms with E-state index in [1.165, 1.54) is 12.1 Å². The summed E-state index contributed by atoms with van der Waals surface area (Å²) in [5, 5.41) is 10.5. The summed E-state index contributed by atoms with van der Waals surface area (Å²) in [6, 6.07) is 22.4. The van der Waals surface area contributed by atoms with Crippen LogP contribution in [0.15, 0.2) is 83.8 Å². The summed E-state index contributed by atoms with van der Waals surface area (Å²) < 4.78 is 30.7. The van der Waals surface area contributed by atoms with Crippen molar-refractivity contribution >= 4 is 32.4 Å². The van der Waals surface area contributed by atoms with Crippen molar-refractivity contribution in [1.29, 1.82) is 0 Å². The van der Waals surface area contributed by atoms with Gasteiger partial charge in [0.05, 0.1) is 4.90 Å². The highest BCUT2D eigenvalue weighted by Crippen LogP contribution is 2.35. The average molecular weight is 419 g/mol. The fourth-order valence-electron chi connectivity index (χ4n) is 3.47. The molecular formula is C23H17NO5S. The summed E-state index contributed by atoms with van der Waals surface area (Å²) in [6.07, 6.45) is 0. The van der Waals surface area contributed by atoms with Crippen molar-refractivity contribution in [3.63, 3.8) is 0 Å². The van der Waals surface area contributed by atoms with Crippen LogP contribution in [-0.4, -0.2) is 23.9 Å². The van der Waals surface area contributed by atoms with Crippen LogP contribution in [0, 0.1) is 0 Å². The lowest BCUT2D eigenvalue weighted by molar-refractivity contribution is 0.104. The Labute approximate surface area is 173 Å². The van der Waals surface area contributed by atoms with Crippen molar-refractivity contribution in [3.05, 3.63) is 90.0 Å². The molecule has 30 heavy (non-hydrogen) atoms. The number of phenolic OH excluding ortho intramolecular Hbond substituents is 1. The Bertz CT molecular complexity index is 1360. The number of benzene rings is 4. The van der Waals surface area contributed by atoms with Crippen LogP contribution in [0.4, 0.5) is 5.69 Å². The molecule has 0 heterocycles. The van der Waals surface area contributed by atoms with Crippen LogP contribution in [0.2, 0.25) is 0 Å². The predicted molar refractivity (Wildman–Crippen MR) is 115 cm³/mol. The first-order chi connectivity index (χ1) is 14.3. The van der Waals surface area contributed by atoms with E-state index in [0.717, 1.165) is 28.3 Å². The quantitative estimate of drug-likeness (QED) is 0.276. The maximum Gasteiger partial charge on any atom is 0.294 e. The molecule has 0 aromatic heterocycles. The average Bonchev–Trinajstić information content (AvgIpc) is 3.00.